The number of Topliss-reactive ketones (excluding diaryl/α,β-unsaturated/α-hetero) is 1. The van der Waals surface area contributed by atoms with Crippen molar-refractivity contribution >= 4 is 34.8 Å². The smallest absolute Gasteiger partial charge is 0.276 e. The Balaban J connectivity index is 2.39. The molecule has 0 aliphatic heterocycles. The van der Waals surface area contributed by atoms with E-state index in [0.717, 1.165) is 4.42 Å². The monoisotopic (exact) mass is 435 g/mol. The molecule has 0 N–H and O–H groups in total. The van der Waals surface area contributed by atoms with E-state index in [1.54, 1.807) is 30.3 Å². The number of azo groups is 1. The molecule has 0 saturated heterocycles. The van der Waals surface area contributed by atoms with Gasteiger partial charge in [0.2, 0.25) is 6.04 Å². The van der Waals surface area contributed by atoms with E-state index in [9.17, 15) is 9.59 Å². The number of nitrogens with zero attached hydrogens (tertiary/aromatic N) is 3. The number of halogens is 1. The lowest BCUT2D eigenvalue weighted by molar-refractivity contribution is -0.126. The van der Waals surface area contributed by atoms with Crippen molar-refractivity contribution in [2.75, 3.05) is 32.9 Å². The maximum Gasteiger partial charge on any atom is 0.276 e. The van der Waals surface area contributed by atoms with E-state index in [0.29, 0.717) is 17.2 Å². The Hall–Kier alpha value is -3.33. The second-order valence-electron chi connectivity index (χ2n) is 5.90. The molecule has 1 unspecified atom stereocenters. The Morgan fingerprint density at radius 1 is 0.933 bits per heavy atom. The summed E-state index contributed by atoms with van der Waals surface area (Å²) in [6, 6.07) is 8.21. The molecular formula is C20H22ClN3O6. The van der Waals surface area contributed by atoms with Gasteiger partial charge in [0.25, 0.3) is 5.91 Å². The van der Waals surface area contributed by atoms with Gasteiger partial charge in [-0.05, 0) is 31.2 Å². The average molecular weight is 436 g/mol. The van der Waals surface area contributed by atoms with Crippen molar-refractivity contribution in [3.05, 3.63) is 36.4 Å². The summed E-state index contributed by atoms with van der Waals surface area (Å²) >= 11 is 6.23. The highest BCUT2D eigenvalue weighted by molar-refractivity contribution is 6.39. The van der Waals surface area contributed by atoms with Gasteiger partial charge in [0.05, 0.1) is 28.4 Å². The number of rotatable bonds is 9. The van der Waals surface area contributed by atoms with Gasteiger partial charge in [0.1, 0.15) is 28.7 Å². The van der Waals surface area contributed by atoms with Crippen LogP contribution in [0.1, 0.15) is 6.92 Å². The molecule has 0 aliphatic rings. The van der Waals surface area contributed by atoms with Crippen molar-refractivity contribution in [3.63, 3.8) is 0 Å². The summed E-state index contributed by atoms with van der Waals surface area (Å²) in [5.41, 5.74) is 0.464. The van der Waals surface area contributed by atoms with Crippen LogP contribution in [0.2, 0.25) is 0 Å². The number of benzene rings is 2. The Labute approximate surface area is 179 Å². The number of anilines is 1. The SMILES string of the molecule is COc1ccc(N(Cl)C(=O)C(N=Nc2c(OC)cccc2OC)C(C)=O)c(OC)c1. The van der Waals surface area contributed by atoms with Crippen LogP contribution in [0.25, 0.3) is 0 Å². The van der Waals surface area contributed by atoms with Gasteiger partial charge < -0.3 is 18.9 Å². The van der Waals surface area contributed by atoms with Gasteiger partial charge in [0, 0.05) is 17.8 Å². The van der Waals surface area contributed by atoms with Crippen LogP contribution in [0, 0.1) is 0 Å². The van der Waals surface area contributed by atoms with Crippen LogP contribution >= 0.6 is 11.8 Å². The number of methoxy groups -OCH3 is 4. The van der Waals surface area contributed by atoms with Crippen molar-refractivity contribution in [1.82, 2.24) is 0 Å². The number of amides is 1. The highest BCUT2D eigenvalue weighted by atomic mass is 35.5. The van der Waals surface area contributed by atoms with Gasteiger partial charge >= 0.3 is 0 Å². The molecule has 0 aromatic heterocycles. The van der Waals surface area contributed by atoms with E-state index < -0.39 is 17.7 Å². The summed E-state index contributed by atoms with van der Waals surface area (Å²) in [4.78, 5) is 25.0. The average Bonchev–Trinajstić information content (AvgIpc) is 2.77. The first kappa shape index (κ1) is 23.0. The fraction of sp³-hybridized carbons (Fsp3) is 0.300. The number of carbonyl (C=O) groups excluding carboxylic acids is 2. The van der Waals surface area contributed by atoms with Crippen LogP contribution in [0.5, 0.6) is 23.0 Å². The highest BCUT2D eigenvalue weighted by Crippen LogP contribution is 2.38. The van der Waals surface area contributed by atoms with Gasteiger partial charge in [-0.3, -0.25) is 9.59 Å². The molecule has 2 aromatic rings. The van der Waals surface area contributed by atoms with Crippen molar-refractivity contribution in [3.8, 4) is 23.0 Å². The molecule has 1 atom stereocenters. The van der Waals surface area contributed by atoms with Crippen LogP contribution in [0.3, 0.4) is 0 Å². The number of ether oxygens (including phenoxy) is 4. The first-order valence-corrected chi connectivity index (χ1v) is 9.05. The fourth-order valence-electron chi connectivity index (χ4n) is 2.52. The molecule has 2 aromatic carbocycles. The van der Waals surface area contributed by atoms with Crippen LogP contribution in [0.15, 0.2) is 46.6 Å². The molecule has 2 rings (SSSR count). The Kier molecular flexibility index (Phi) is 7.99. The Morgan fingerprint density at radius 2 is 1.53 bits per heavy atom. The maximum absolute atomic E-state index is 12.9. The molecule has 0 heterocycles. The fourth-order valence-corrected chi connectivity index (χ4v) is 2.76. The number of carbonyl (C=O) groups is 2. The molecule has 0 spiro atoms. The largest absolute Gasteiger partial charge is 0.497 e. The van der Waals surface area contributed by atoms with E-state index in [1.165, 1.54) is 41.4 Å². The zero-order valence-electron chi connectivity index (χ0n) is 17.2. The normalized spacial score (nSPS) is 11.7. The van der Waals surface area contributed by atoms with Crippen molar-refractivity contribution < 1.29 is 28.5 Å². The molecule has 0 bridgehead atoms. The van der Waals surface area contributed by atoms with Gasteiger partial charge in [-0.1, -0.05) is 6.07 Å². The highest BCUT2D eigenvalue weighted by Gasteiger charge is 2.30. The predicted molar refractivity (Wildman–Crippen MR) is 111 cm³/mol. The molecule has 0 saturated carbocycles. The molecule has 0 fully saturated rings. The predicted octanol–water partition coefficient (Wildman–Crippen LogP) is 3.95. The lowest BCUT2D eigenvalue weighted by Crippen LogP contribution is -2.36. The van der Waals surface area contributed by atoms with E-state index in [1.807, 2.05) is 0 Å². The molecule has 160 valence electrons. The molecular weight excluding hydrogens is 414 g/mol. The third kappa shape index (κ3) is 4.98. The molecule has 30 heavy (non-hydrogen) atoms. The molecule has 0 radical (unpaired) electrons. The second kappa shape index (κ2) is 10.4. The van der Waals surface area contributed by atoms with Gasteiger partial charge in [-0.15, -0.1) is 5.11 Å². The molecule has 10 heteroatoms. The number of hydrogen-bond acceptors (Lipinski definition) is 8. The lowest BCUT2D eigenvalue weighted by Gasteiger charge is -2.19. The van der Waals surface area contributed by atoms with E-state index in [4.69, 9.17) is 30.7 Å². The quantitative estimate of drug-likeness (QED) is 0.336. The second-order valence-corrected chi connectivity index (χ2v) is 6.23. The van der Waals surface area contributed by atoms with Gasteiger partial charge in [-0.2, -0.15) is 5.11 Å². The minimum absolute atomic E-state index is 0.223. The standard InChI is InChI=1S/C20H22ClN3O6/c1-12(25)18(22-23-19-15(28-3)7-6-8-16(19)29-4)20(26)24(21)14-10-9-13(27-2)11-17(14)30-5/h6-11,18H,1-5H3. The summed E-state index contributed by atoms with van der Waals surface area (Å²) < 4.78 is 21.6. The van der Waals surface area contributed by atoms with Crippen LogP contribution in [-0.2, 0) is 9.59 Å². The van der Waals surface area contributed by atoms with E-state index in [2.05, 4.69) is 10.2 Å². The molecule has 1 amide bonds. The topological polar surface area (TPSA) is 99.0 Å². The Bertz CT molecular complexity index is 928. The Morgan fingerprint density at radius 3 is 2.03 bits per heavy atom. The van der Waals surface area contributed by atoms with Crippen molar-refractivity contribution in [1.29, 1.82) is 0 Å². The summed E-state index contributed by atoms with van der Waals surface area (Å²) in [6.07, 6.45) is 0. The van der Waals surface area contributed by atoms with Gasteiger partial charge in [0.15, 0.2) is 11.5 Å². The molecule has 0 aliphatic carbocycles. The van der Waals surface area contributed by atoms with Crippen molar-refractivity contribution in [2.24, 2.45) is 10.2 Å². The number of hydrogen-bond donors (Lipinski definition) is 0. The van der Waals surface area contributed by atoms with Gasteiger partial charge in [-0.25, -0.2) is 4.42 Å². The third-order valence-corrected chi connectivity index (χ3v) is 4.43. The third-order valence-electron chi connectivity index (χ3n) is 4.09. The first-order valence-electron chi connectivity index (χ1n) is 8.72. The first-order chi connectivity index (χ1) is 14.4. The minimum Gasteiger partial charge on any atom is -0.497 e. The lowest BCUT2D eigenvalue weighted by atomic mass is 10.2. The summed E-state index contributed by atoms with van der Waals surface area (Å²) in [5, 5.41) is 7.95. The molecule has 9 nitrogen and oxygen atoms in total. The van der Waals surface area contributed by atoms with Crippen molar-refractivity contribution in [2.45, 2.75) is 13.0 Å². The summed E-state index contributed by atoms with van der Waals surface area (Å²) in [5.74, 6) is 0.184. The zero-order chi connectivity index (χ0) is 22.3. The maximum atomic E-state index is 12.9. The minimum atomic E-state index is -1.48. The van der Waals surface area contributed by atoms with Crippen LogP contribution in [-0.4, -0.2) is 46.2 Å². The summed E-state index contributed by atoms with van der Waals surface area (Å²) in [6.45, 7) is 1.22. The van der Waals surface area contributed by atoms with E-state index in [-0.39, 0.29) is 17.1 Å². The zero-order valence-corrected chi connectivity index (χ0v) is 18.0. The van der Waals surface area contributed by atoms with Crippen LogP contribution < -0.4 is 23.4 Å². The van der Waals surface area contributed by atoms with E-state index >= 15 is 0 Å². The summed E-state index contributed by atoms with van der Waals surface area (Å²) in [7, 11) is 5.83. The van der Waals surface area contributed by atoms with Crippen LogP contribution in [0.4, 0.5) is 11.4 Å². The number of ketones is 1.